The monoisotopic (exact) mass is 220 g/mol. The van der Waals surface area contributed by atoms with E-state index in [1.165, 1.54) is 11.3 Å². The molecule has 2 rings (SSSR count). The minimum Gasteiger partial charge on any atom is -0.379 e. The molecule has 0 bridgehead atoms. The maximum Gasteiger partial charge on any atom is 0.0594 e. The first kappa shape index (κ1) is 11.6. The number of aromatic nitrogens is 1. The van der Waals surface area contributed by atoms with Crippen LogP contribution in [0, 0.1) is 0 Å². The molecule has 0 N–H and O–H groups in total. The fraction of sp³-hybridized carbons (Fsp3) is 0.615. The highest BCUT2D eigenvalue weighted by Crippen LogP contribution is 2.19. The van der Waals surface area contributed by atoms with Gasteiger partial charge in [-0.05, 0) is 25.0 Å². The lowest BCUT2D eigenvalue weighted by Crippen LogP contribution is -2.38. The van der Waals surface area contributed by atoms with Crippen molar-refractivity contribution in [3.63, 3.8) is 0 Å². The smallest absolute Gasteiger partial charge is 0.0594 e. The summed E-state index contributed by atoms with van der Waals surface area (Å²) in [5.41, 5.74) is 2.47. The third kappa shape index (κ3) is 2.60. The largest absolute Gasteiger partial charge is 0.379 e. The van der Waals surface area contributed by atoms with Gasteiger partial charge in [0.2, 0.25) is 0 Å². The molecule has 1 aromatic rings. The van der Waals surface area contributed by atoms with E-state index in [0.29, 0.717) is 6.04 Å². The van der Waals surface area contributed by atoms with Crippen LogP contribution in [0.5, 0.6) is 0 Å². The Morgan fingerprint density at radius 3 is 2.69 bits per heavy atom. The van der Waals surface area contributed by atoms with Gasteiger partial charge in [0.15, 0.2) is 0 Å². The first-order valence-corrected chi connectivity index (χ1v) is 6.08. The molecule has 1 aliphatic heterocycles. The van der Waals surface area contributed by atoms with Gasteiger partial charge in [-0.2, -0.15) is 0 Å². The summed E-state index contributed by atoms with van der Waals surface area (Å²) < 4.78 is 5.36. The van der Waals surface area contributed by atoms with E-state index >= 15 is 0 Å². The minimum atomic E-state index is 0.398. The maximum absolute atomic E-state index is 5.36. The van der Waals surface area contributed by atoms with Crippen LogP contribution in [0.2, 0.25) is 0 Å². The van der Waals surface area contributed by atoms with E-state index in [0.717, 1.165) is 32.7 Å². The van der Waals surface area contributed by atoms with Crippen molar-refractivity contribution in [2.45, 2.75) is 26.3 Å². The van der Waals surface area contributed by atoms with Crippen molar-refractivity contribution < 1.29 is 4.74 Å². The van der Waals surface area contributed by atoms with Gasteiger partial charge in [0.05, 0.1) is 18.9 Å². The predicted molar refractivity (Wildman–Crippen MR) is 64.4 cm³/mol. The van der Waals surface area contributed by atoms with Crippen molar-refractivity contribution in [1.29, 1.82) is 0 Å². The normalized spacial score (nSPS) is 19.6. The Bertz CT molecular complexity index is 317. The number of nitrogens with zero attached hydrogens (tertiary/aromatic N) is 2. The molecule has 16 heavy (non-hydrogen) atoms. The van der Waals surface area contributed by atoms with Crippen molar-refractivity contribution in [3.8, 4) is 0 Å². The van der Waals surface area contributed by atoms with Crippen LogP contribution < -0.4 is 0 Å². The second-order valence-corrected chi connectivity index (χ2v) is 4.27. The third-order valence-electron chi connectivity index (χ3n) is 3.28. The minimum absolute atomic E-state index is 0.398. The van der Waals surface area contributed by atoms with Gasteiger partial charge >= 0.3 is 0 Å². The molecule has 3 nitrogen and oxygen atoms in total. The summed E-state index contributed by atoms with van der Waals surface area (Å²) in [4.78, 5) is 6.97. The number of ether oxygens (including phenoxy) is 1. The molecule has 1 aliphatic rings. The molecule has 3 heteroatoms. The van der Waals surface area contributed by atoms with Crippen LogP contribution in [0.1, 0.15) is 31.1 Å². The van der Waals surface area contributed by atoms with E-state index in [2.05, 4.69) is 35.9 Å². The standard InChI is InChI=1S/C13H20N2O/c1-3-12-4-5-13(14-10-12)11(2)15-6-8-16-9-7-15/h4-5,10-11H,3,6-9H2,1-2H3. The molecular weight excluding hydrogens is 200 g/mol. The molecule has 0 saturated carbocycles. The van der Waals surface area contributed by atoms with E-state index < -0.39 is 0 Å². The summed E-state index contributed by atoms with van der Waals surface area (Å²) in [5, 5.41) is 0. The number of pyridine rings is 1. The van der Waals surface area contributed by atoms with Crippen LogP contribution in [-0.2, 0) is 11.2 Å². The fourth-order valence-electron chi connectivity index (χ4n) is 2.04. The molecule has 0 radical (unpaired) electrons. The fourth-order valence-corrected chi connectivity index (χ4v) is 2.04. The first-order valence-electron chi connectivity index (χ1n) is 6.08. The second kappa shape index (κ2) is 5.41. The van der Waals surface area contributed by atoms with Crippen molar-refractivity contribution in [2.75, 3.05) is 26.3 Å². The van der Waals surface area contributed by atoms with Crippen molar-refractivity contribution >= 4 is 0 Å². The Kier molecular flexibility index (Phi) is 3.91. The number of morpholine rings is 1. The van der Waals surface area contributed by atoms with Crippen LogP contribution in [0.4, 0.5) is 0 Å². The summed E-state index contributed by atoms with van der Waals surface area (Å²) >= 11 is 0. The molecule has 0 aromatic carbocycles. The van der Waals surface area contributed by atoms with Crippen LogP contribution in [-0.4, -0.2) is 36.2 Å². The third-order valence-corrected chi connectivity index (χ3v) is 3.28. The number of hydrogen-bond acceptors (Lipinski definition) is 3. The lowest BCUT2D eigenvalue weighted by atomic mass is 10.1. The molecular formula is C13H20N2O. The Hall–Kier alpha value is -0.930. The molecule has 0 aliphatic carbocycles. The lowest BCUT2D eigenvalue weighted by molar-refractivity contribution is 0.0190. The van der Waals surface area contributed by atoms with Gasteiger partial charge in [0.1, 0.15) is 0 Å². The summed E-state index contributed by atoms with van der Waals surface area (Å²) in [6, 6.07) is 4.73. The molecule has 1 aromatic heterocycles. The van der Waals surface area contributed by atoms with Gasteiger partial charge in [-0.25, -0.2) is 0 Å². The number of hydrogen-bond donors (Lipinski definition) is 0. The molecule has 0 spiro atoms. The quantitative estimate of drug-likeness (QED) is 0.779. The second-order valence-electron chi connectivity index (χ2n) is 4.27. The Morgan fingerprint density at radius 1 is 1.38 bits per heavy atom. The summed E-state index contributed by atoms with van der Waals surface area (Å²) in [7, 11) is 0. The topological polar surface area (TPSA) is 25.4 Å². The zero-order valence-electron chi connectivity index (χ0n) is 10.1. The number of aryl methyl sites for hydroxylation is 1. The molecule has 2 heterocycles. The molecule has 0 amide bonds. The summed E-state index contributed by atoms with van der Waals surface area (Å²) in [5.74, 6) is 0. The maximum atomic E-state index is 5.36. The van der Waals surface area contributed by atoms with Gasteiger partial charge in [0.25, 0.3) is 0 Å². The SMILES string of the molecule is CCc1ccc(C(C)N2CCOCC2)nc1. The van der Waals surface area contributed by atoms with E-state index in [1.807, 2.05) is 6.20 Å². The average molecular weight is 220 g/mol. The van der Waals surface area contributed by atoms with Crippen molar-refractivity contribution in [1.82, 2.24) is 9.88 Å². The zero-order valence-corrected chi connectivity index (χ0v) is 10.1. The Balaban J connectivity index is 2.04. The van der Waals surface area contributed by atoms with Gasteiger partial charge in [0, 0.05) is 25.3 Å². The van der Waals surface area contributed by atoms with Gasteiger partial charge in [-0.1, -0.05) is 13.0 Å². The zero-order chi connectivity index (χ0) is 11.4. The van der Waals surface area contributed by atoms with Crippen LogP contribution >= 0.6 is 0 Å². The van der Waals surface area contributed by atoms with E-state index in [9.17, 15) is 0 Å². The number of rotatable bonds is 3. The molecule has 1 unspecified atom stereocenters. The Labute approximate surface area is 97.4 Å². The van der Waals surface area contributed by atoms with Crippen LogP contribution in [0.25, 0.3) is 0 Å². The summed E-state index contributed by atoms with van der Waals surface area (Å²) in [6.45, 7) is 8.09. The predicted octanol–water partition coefficient (Wildman–Crippen LogP) is 2.04. The van der Waals surface area contributed by atoms with Crippen molar-refractivity contribution in [2.24, 2.45) is 0 Å². The molecule has 88 valence electrons. The lowest BCUT2D eigenvalue weighted by Gasteiger charge is -2.31. The van der Waals surface area contributed by atoms with Crippen molar-refractivity contribution in [3.05, 3.63) is 29.6 Å². The molecule has 1 fully saturated rings. The average Bonchev–Trinajstić information content (AvgIpc) is 2.39. The Morgan fingerprint density at radius 2 is 2.12 bits per heavy atom. The highest BCUT2D eigenvalue weighted by molar-refractivity contribution is 5.16. The van der Waals surface area contributed by atoms with E-state index in [4.69, 9.17) is 4.74 Å². The van der Waals surface area contributed by atoms with E-state index in [-0.39, 0.29) is 0 Å². The molecule has 1 atom stereocenters. The first-order chi connectivity index (χ1) is 7.81. The highest BCUT2D eigenvalue weighted by Gasteiger charge is 2.18. The highest BCUT2D eigenvalue weighted by atomic mass is 16.5. The van der Waals surface area contributed by atoms with Gasteiger partial charge < -0.3 is 4.74 Å². The molecule has 1 saturated heterocycles. The van der Waals surface area contributed by atoms with Crippen LogP contribution in [0.3, 0.4) is 0 Å². The van der Waals surface area contributed by atoms with Crippen LogP contribution in [0.15, 0.2) is 18.3 Å². The van der Waals surface area contributed by atoms with Gasteiger partial charge in [-0.15, -0.1) is 0 Å². The summed E-state index contributed by atoms with van der Waals surface area (Å²) in [6.07, 6.45) is 3.05. The van der Waals surface area contributed by atoms with Gasteiger partial charge in [-0.3, -0.25) is 9.88 Å². The van der Waals surface area contributed by atoms with E-state index in [1.54, 1.807) is 0 Å².